The smallest absolute Gasteiger partial charge is 0.255 e. The van der Waals surface area contributed by atoms with Crippen LogP contribution in [0.25, 0.3) is 11.3 Å². The van der Waals surface area contributed by atoms with E-state index in [2.05, 4.69) is 20.6 Å². The third-order valence-electron chi connectivity index (χ3n) is 7.11. The first kappa shape index (κ1) is 27.0. The number of nitrogens with zero attached hydrogens (tertiary/aromatic N) is 3. The van der Waals surface area contributed by atoms with Crippen molar-refractivity contribution >= 4 is 29.4 Å². The van der Waals surface area contributed by atoms with Gasteiger partial charge in [-0.2, -0.15) is 0 Å². The topological polar surface area (TPSA) is 117 Å². The van der Waals surface area contributed by atoms with Crippen LogP contribution in [0, 0.1) is 5.82 Å². The fourth-order valence-electron chi connectivity index (χ4n) is 4.84. The molecule has 3 aromatic rings. The van der Waals surface area contributed by atoms with Crippen LogP contribution in [-0.2, 0) is 16.1 Å². The number of aromatic nitrogens is 2. The summed E-state index contributed by atoms with van der Waals surface area (Å²) in [7, 11) is 0. The van der Waals surface area contributed by atoms with Gasteiger partial charge in [0.1, 0.15) is 11.9 Å². The zero-order chi connectivity index (χ0) is 27.5. The molecule has 1 fully saturated rings. The van der Waals surface area contributed by atoms with Crippen molar-refractivity contribution in [1.29, 1.82) is 0 Å². The quantitative estimate of drug-likeness (QED) is 0.389. The SMILES string of the molecule is CC(C(=O)NC(CO)c1cccc(F)c1)N1Cc2ccc(-c3nc(NC4CCOCC4)ncc3Cl)cc2C1=O. The molecule has 2 unspecified atom stereocenters. The first-order chi connectivity index (χ1) is 18.8. The number of fused-ring (bicyclic) bond motifs is 1. The molecule has 2 atom stereocenters. The average molecular weight is 554 g/mol. The number of benzene rings is 2. The molecule has 0 bridgehead atoms. The van der Waals surface area contributed by atoms with Crippen molar-refractivity contribution in [3.63, 3.8) is 0 Å². The van der Waals surface area contributed by atoms with Crippen molar-refractivity contribution in [2.45, 2.75) is 44.4 Å². The molecule has 9 nitrogen and oxygen atoms in total. The van der Waals surface area contributed by atoms with Crippen LogP contribution >= 0.6 is 11.6 Å². The van der Waals surface area contributed by atoms with Crippen LogP contribution in [0.1, 0.15) is 47.3 Å². The number of hydrogen-bond donors (Lipinski definition) is 3. The average Bonchev–Trinajstić information content (AvgIpc) is 3.28. The molecule has 0 aliphatic carbocycles. The molecule has 5 rings (SSSR count). The van der Waals surface area contributed by atoms with E-state index in [1.807, 2.05) is 12.1 Å². The van der Waals surface area contributed by atoms with E-state index >= 15 is 0 Å². The standard InChI is InChI=1S/C28H29ClFN5O4/c1-16(26(37)33-24(15-36)17-3-2-4-20(30)11-17)35-14-19-6-5-18(12-22(19)27(35)38)25-23(29)13-31-28(34-25)32-21-7-9-39-10-8-21/h2-6,11-13,16,21,24,36H,7-10,14-15H2,1H3,(H,33,37)(H,31,32,34). The van der Waals surface area contributed by atoms with Crippen molar-refractivity contribution in [3.8, 4) is 11.3 Å². The summed E-state index contributed by atoms with van der Waals surface area (Å²) in [5.74, 6) is -0.768. The molecule has 2 aliphatic rings. The Balaban J connectivity index is 1.31. The van der Waals surface area contributed by atoms with Gasteiger partial charge in [-0.15, -0.1) is 0 Å². The van der Waals surface area contributed by atoms with Gasteiger partial charge in [-0.1, -0.05) is 35.9 Å². The highest BCUT2D eigenvalue weighted by Gasteiger charge is 2.35. The molecule has 2 aromatic carbocycles. The number of anilines is 1. The number of rotatable bonds is 8. The Kier molecular flexibility index (Phi) is 8.06. The van der Waals surface area contributed by atoms with E-state index in [0.29, 0.717) is 46.6 Å². The lowest BCUT2D eigenvalue weighted by Gasteiger charge is -2.26. The lowest BCUT2D eigenvalue weighted by Crippen LogP contribution is -2.46. The minimum Gasteiger partial charge on any atom is -0.394 e. The fourth-order valence-corrected chi connectivity index (χ4v) is 5.04. The summed E-state index contributed by atoms with van der Waals surface area (Å²) in [4.78, 5) is 36.8. The summed E-state index contributed by atoms with van der Waals surface area (Å²) in [6.07, 6.45) is 3.25. The van der Waals surface area contributed by atoms with Gasteiger partial charge in [-0.25, -0.2) is 14.4 Å². The maximum Gasteiger partial charge on any atom is 0.255 e. The highest BCUT2D eigenvalue weighted by Crippen LogP contribution is 2.32. The molecule has 0 spiro atoms. The van der Waals surface area contributed by atoms with E-state index in [1.165, 1.54) is 29.3 Å². The van der Waals surface area contributed by atoms with E-state index in [4.69, 9.17) is 16.3 Å². The Labute approximate surface area is 230 Å². The number of carbonyl (C=O) groups is 2. The number of aliphatic hydroxyl groups is 1. The largest absolute Gasteiger partial charge is 0.394 e. The van der Waals surface area contributed by atoms with Gasteiger partial charge in [0, 0.05) is 36.9 Å². The predicted molar refractivity (Wildman–Crippen MR) is 144 cm³/mol. The minimum atomic E-state index is -0.825. The molecular formula is C28H29ClFN5O4. The lowest BCUT2D eigenvalue weighted by atomic mass is 10.0. The normalized spacial score (nSPS) is 17.0. The molecule has 11 heteroatoms. The molecule has 3 N–H and O–H groups in total. The summed E-state index contributed by atoms with van der Waals surface area (Å²) < 4.78 is 19.0. The second kappa shape index (κ2) is 11.6. The number of carbonyl (C=O) groups excluding carboxylic acids is 2. The Morgan fingerprint density at radius 1 is 1.26 bits per heavy atom. The summed E-state index contributed by atoms with van der Waals surface area (Å²) in [5.41, 5.74) is 2.84. The summed E-state index contributed by atoms with van der Waals surface area (Å²) in [6.45, 7) is 2.83. The number of hydrogen-bond acceptors (Lipinski definition) is 7. The third-order valence-corrected chi connectivity index (χ3v) is 7.39. The lowest BCUT2D eigenvalue weighted by molar-refractivity contribution is -0.126. The monoisotopic (exact) mass is 553 g/mol. The summed E-state index contributed by atoms with van der Waals surface area (Å²) in [6, 6.07) is 9.67. The maximum absolute atomic E-state index is 13.6. The third kappa shape index (κ3) is 5.88. The molecule has 2 aliphatic heterocycles. The number of halogens is 2. The van der Waals surface area contributed by atoms with Gasteiger partial charge in [-0.3, -0.25) is 9.59 Å². The van der Waals surface area contributed by atoms with E-state index in [9.17, 15) is 19.1 Å². The molecule has 39 heavy (non-hydrogen) atoms. The Morgan fingerprint density at radius 2 is 2.05 bits per heavy atom. The second-order valence-corrected chi connectivity index (χ2v) is 10.1. The molecule has 0 radical (unpaired) electrons. The van der Waals surface area contributed by atoms with E-state index in [1.54, 1.807) is 19.1 Å². The Bertz CT molecular complexity index is 1380. The van der Waals surface area contributed by atoms with E-state index < -0.39 is 30.4 Å². The van der Waals surface area contributed by atoms with Gasteiger partial charge < -0.3 is 25.4 Å². The fraction of sp³-hybridized carbons (Fsp3) is 0.357. The molecule has 3 heterocycles. The van der Waals surface area contributed by atoms with Crippen molar-refractivity contribution < 1.29 is 23.8 Å². The number of ether oxygens (including phenoxy) is 1. The van der Waals surface area contributed by atoms with E-state index in [-0.39, 0.29) is 18.5 Å². The van der Waals surface area contributed by atoms with Crippen molar-refractivity contribution in [2.24, 2.45) is 0 Å². The zero-order valence-electron chi connectivity index (χ0n) is 21.4. The second-order valence-electron chi connectivity index (χ2n) is 9.70. The molecule has 0 saturated carbocycles. The highest BCUT2D eigenvalue weighted by molar-refractivity contribution is 6.33. The van der Waals surface area contributed by atoms with Crippen molar-refractivity contribution in [2.75, 3.05) is 25.1 Å². The van der Waals surface area contributed by atoms with Crippen LogP contribution in [0.5, 0.6) is 0 Å². The Morgan fingerprint density at radius 3 is 2.79 bits per heavy atom. The van der Waals surface area contributed by atoms with E-state index in [0.717, 1.165) is 18.4 Å². The van der Waals surface area contributed by atoms with Gasteiger partial charge >= 0.3 is 0 Å². The Hall–Kier alpha value is -3.60. The van der Waals surface area contributed by atoms with Gasteiger partial charge in [-0.05, 0) is 49.1 Å². The maximum atomic E-state index is 13.6. The van der Waals surface area contributed by atoms with Gasteiger partial charge in [0.15, 0.2) is 0 Å². The minimum absolute atomic E-state index is 0.210. The first-order valence-corrected chi connectivity index (χ1v) is 13.2. The number of aliphatic hydroxyl groups excluding tert-OH is 1. The first-order valence-electron chi connectivity index (χ1n) is 12.8. The van der Waals surface area contributed by atoms with Crippen LogP contribution in [-0.4, -0.2) is 63.7 Å². The predicted octanol–water partition coefficient (Wildman–Crippen LogP) is 3.72. The molecule has 2 amide bonds. The van der Waals surface area contributed by atoms with Gasteiger partial charge in [0.2, 0.25) is 11.9 Å². The molecular weight excluding hydrogens is 525 g/mol. The molecule has 1 saturated heterocycles. The highest BCUT2D eigenvalue weighted by atomic mass is 35.5. The molecule has 204 valence electrons. The summed E-state index contributed by atoms with van der Waals surface area (Å²) in [5, 5.41) is 16.2. The number of nitrogens with one attached hydrogen (secondary N) is 2. The van der Waals surface area contributed by atoms with Crippen LogP contribution < -0.4 is 10.6 Å². The van der Waals surface area contributed by atoms with Gasteiger partial charge in [0.05, 0.1) is 29.6 Å². The zero-order valence-corrected chi connectivity index (χ0v) is 22.1. The summed E-state index contributed by atoms with van der Waals surface area (Å²) >= 11 is 6.44. The van der Waals surface area contributed by atoms with Crippen LogP contribution in [0.15, 0.2) is 48.7 Å². The van der Waals surface area contributed by atoms with Crippen LogP contribution in [0.2, 0.25) is 5.02 Å². The van der Waals surface area contributed by atoms with Crippen molar-refractivity contribution in [1.82, 2.24) is 20.2 Å². The van der Waals surface area contributed by atoms with Gasteiger partial charge in [0.25, 0.3) is 5.91 Å². The van der Waals surface area contributed by atoms with Crippen LogP contribution in [0.3, 0.4) is 0 Å². The molecule has 1 aromatic heterocycles. The van der Waals surface area contributed by atoms with Crippen LogP contribution in [0.4, 0.5) is 10.3 Å². The van der Waals surface area contributed by atoms with Crippen molar-refractivity contribution in [3.05, 3.63) is 76.2 Å². The number of amides is 2.